The van der Waals surface area contributed by atoms with E-state index in [2.05, 4.69) is 0 Å². The number of halogens is 2. The number of benzene rings is 2. The Hall–Kier alpha value is -2.94. The van der Waals surface area contributed by atoms with Crippen LogP contribution in [0.5, 0.6) is 5.75 Å². The monoisotopic (exact) mass is 503 g/mol. The maximum atomic E-state index is 14.7. The summed E-state index contributed by atoms with van der Waals surface area (Å²) in [6.45, 7) is 4.50. The van der Waals surface area contributed by atoms with E-state index in [1.807, 2.05) is 13.8 Å². The Balaban J connectivity index is 1.97. The van der Waals surface area contributed by atoms with Crippen LogP contribution in [0.2, 0.25) is 5.02 Å². The molecule has 7 nitrogen and oxygen atoms in total. The highest BCUT2D eigenvalue weighted by Gasteiger charge is 2.25. The van der Waals surface area contributed by atoms with Crippen molar-refractivity contribution < 1.29 is 28.9 Å². The van der Waals surface area contributed by atoms with Crippen LogP contribution in [-0.2, 0) is 11.2 Å². The molecule has 0 radical (unpaired) electrons. The van der Waals surface area contributed by atoms with Gasteiger partial charge in [-0.05, 0) is 29.2 Å². The molecule has 4 rings (SSSR count). The van der Waals surface area contributed by atoms with E-state index < -0.39 is 28.8 Å². The van der Waals surface area contributed by atoms with Crippen LogP contribution in [0, 0.1) is 11.7 Å². The predicted octanol–water partition coefficient (Wildman–Crippen LogP) is 4.44. The van der Waals surface area contributed by atoms with Gasteiger partial charge < -0.3 is 24.3 Å². The van der Waals surface area contributed by atoms with E-state index in [9.17, 15) is 24.2 Å². The first kappa shape index (κ1) is 25.2. The van der Waals surface area contributed by atoms with Crippen molar-refractivity contribution in [3.63, 3.8) is 0 Å². The average molecular weight is 504 g/mol. The van der Waals surface area contributed by atoms with Crippen molar-refractivity contribution in [2.45, 2.75) is 38.8 Å². The first-order valence-corrected chi connectivity index (χ1v) is 11.8. The van der Waals surface area contributed by atoms with Crippen LogP contribution in [0.3, 0.4) is 0 Å². The zero-order valence-corrected chi connectivity index (χ0v) is 20.2. The second-order valence-corrected chi connectivity index (χ2v) is 9.46. The van der Waals surface area contributed by atoms with E-state index in [0.717, 1.165) is 0 Å². The van der Waals surface area contributed by atoms with E-state index in [0.29, 0.717) is 42.0 Å². The van der Waals surface area contributed by atoms with Crippen molar-refractivity contribution in [1.82, 2.24) is 4.57 Å². The molecule has 1 aliphatic heterocycles. The van der Waals surface area contributed by atoms with E-state index in [1.165, 1.54) is 12.3 Å². The minimum Gasteiger partial charge on any atom is -0.488 e. The normalized spacial score (nSPS) is 16.7. The summed E-state index contributed by atoms with van der Waals surface area (Å²) in [5.74, 6) is -1.55. The molecule has 1 fully saturated rings. The van der Waals surface area contributed by atoms with Gasteiger partial charge in [0.15, 0.2) is 0 Å². The number of hydrogen-bond acceptors (Lipinski definition) is 5. The number of nitrogens with zero attached hydrogens (tertiary/aromatic N) is 1. The number of pyridine rings is 1. The van der Waals surface area contributed by atoms with Crippen molar-refractivity contribution >= 4 is 28.5 Å². The lowest BCUT2D eigenvalue weighted by Crippen LogP contribution is -2.26. The summed E-state index contributed by atoms with van der Waals surface area (Å²) in [6.07, 6.45) is 1.81. The van der Waals surface area contributed by atoms with Crippen LogP contribution in [-0.4, -0.2) is 46.7 Å². The van der Waals surface area contributed by atoms with Gasteiger partial charge in [-0.1, -0.05) is 37.6 Å². The van der Waals surface area contributed by atoms with Crippen molar-refractivity contribution in [2.24, 2.45) is 5.92 Å². The number of rotatable bonds is 8. The molecule has 0 aliphatic carbocycles. The summed E-state index contributed by atoms with van der Waals surface area (Å²) >= 11 is 5.97. The van der Waals surface area contributed by atoms with Gasteiger partial charge in [0.05, 0.1) is 36.4 Å². The minimum atomic E-state index is -1.36. The zero-order valence-electron chi connectivity index (χ0n) is 19.5. The fraction of sp³-hybridized carbons (Fsp3) is 0.385. The van der Waals surface area contributed by atoms with Gasteiger partial charge in [-0.25, -0.2) is 9.18 Å². The fourth-order valence-corrected chi connectivity index (χ4v) is 4.59. The Kier molecular flexibility index (Phi) is 7.44. The molecule has 2 N–H and O–H groups in total. The Labute approximate surface area is 206 Å². The van der Waals surface area contributed by atoms with Gasteiger partial charge in [0.25, 0.3) is 0 Å². The number of carboxylic acid groups (broad SMARTS) is 1. The first-order valence-electron chi connectivity index (χ1n) is 11.4. The molecule has 186 valence electrons. The highest BCUT2D eigenvalue weighted by molar-refractivity contribution is 6.30. The Morgan fingerprint density at radius 3 is 2.71 bits per heavy atom. The number of fused-ring (bicyclic) bond motifs is 1. The second kappa shape index (κ2) is 10.4. The van der Waals surface area contributed by atoms with Crippen molar-refractivity contribution in [3.05, 3.63) is 74.3 Å². The molecule has 2 heterocycles. The average Bonchev–Trinajstić information content (AvgIpc) is 3.32. The summed E-state index contributed by atoms with van der Waals surface area (Å²) in [4.78, 5) is 25.0. The molecule has 2 atom stereocenters. The molecule has 9 heteroatoms. The number of hydrogen-bond donors (Lipinski definition) is 2. The number of aliphatic hydroxyl groups is 1. The molecule has 35 heavy (non-hydrogen) atoms. The summed E-state index contributed by atoms with van der Waals surface area (Å²) in [7, 11) is 0. The molecular formula is C26H27ClFNO6. The number of carboxylic acids is 1. The molecule has 1 aliphatic rings. The molecule has 1 aromatic heterocycles. The Bertz CT molecular complexity index is 1320. The van der Waals surface area contributed by atoms with E-state index in [4.69, 9.17) is 21.1 Å². The molecule has 0 bridgehead atoms. The molecule has 0 saturated carbocycles. The third kappa shape index (κ3) is 5.05. The van der Waals surface area contributed by atoms with Gasteiger partial charge in [0, 0.05) is 30.5 Å². The van der Waals surface area contributed by atoms with E-state index >= 15 is 0 Å². The summed E-state index contributed by atoms with van der Waals surface area (Å²) in [5, 5.41) is 19.9. The van der Waals surface area contributed by atoms with Gasteiger partial charge in [0.1, 0.15) is 23.2 Å². The Morgan fingerprint density at radius 2 is 2.09 bits per heavy atom. The third-order valence-corrected chi connectivity index (χ3v) is 6.64. The van der Waals surface area contributed by atoms with Gasteiger partial charge in [0.2, 0.25) is 5.43 Å². The van der Waals surface area contributed by atoms with Crippen molar-refractivity contribution in [1.29, 1.82) is 0 Å². The van der Waals surface area contributed by atoms with E-state index in [-0.39, 0.29) is 35.5 Å². The standard InChI is InChI=1S/C26H27ClFNO6/c1-14(2)22(12-30)29-11-19(26(32)33)25(31)18-9-16(8-15-4-3-5-20(27)24(15)28)23(10-21(18)29)35-17-6-7-34-13-17/h3-5,9-11,14,17,22,30H,6-8,12-13H2,1-2H3,(H,32,33). The number of aromatic nitrogens is 1. The van der Waals surface area contributed by atoms with Crippen LogP contribution in [0.25, 0.3) is 10.9 Å². The fourth-order valence-electron chi connectivity index (χ4n) is 4.39. The number of aromatic carboxylic acids is 1. The van der Waals surface area contributed by atoms with Crippen LogP contribution in [0.4, 0.5) is 4.39 Å². The minimum absolute atomic E-state index is 0.0202. The van der Waals surface area contributed by atoms with Gasteiger partial charge in [-0.2, -0.15) is 0 Å². The second-order valence-electron chi connectivity index (χ2n) is 9.05. The van der Waals surface area contributed by atoms with Crippen molar-refractivity contribution in [2.75, 3.05) is 19.8 Å². The lowest BCUT2D eigenvalue weighted by atomic mass is 9.98. The number of ether oxygens (including phenoxy) is 2. The quantitative estimate of drug-likeness (QED) is 0.471. The maximum Gasteiger partial charge on any atom is 0.341 e. The molecule has 2 aromatic carbocycles. The Morgan fingerprint density at radius 1 is 1.31 bits per heavy atom. The van der Waals surface area contributed by atoms with Crippen molar-refractivity contribution in [3.8, 4) is 5.75 Å². The number of aliphatic hydroxyl groups excluding tert-OH is 1. The largest absolute Gasteiger partial charge is 0.488 e. The summed E-state index contributed by atoms with van der Waals surface area (Å²) in [5.41, 5.74) is 0.190. The molecule has 1 saturated heterocycles. The SMILES string of the molecule is CC(C)C(CO)n1cc(C(=O)O)c(=O)c2cc(Cc3cccc(Cl)c3F)c(OC3CCOC3)cc21. The molecule has 0 amide bonds. The van der Waals surface area contributed by atoms with Crippen LogP contribution < -0.4 is 10.2 Å². The summed E-state index contributed by atoms with van der Waals surface area (Å²) < 4.78 is 28.0. The highest BCUT2D eigenvalue weighted by atomic mass is 35.5. The number of carbonyl (C=O) groups is 1. The molecular weight excluding hydrogens is 477 g/mol. The summed E-state index contributed by atoms with van der Waals surface area (Å²) in [6, 6.07) is 7.43. The topological polar surface area (TPSA) is 98.0 Å². The van der Waals surface area contributed by atoms with Gasteiger partial charge >= 0.3 is 5.97 Å². The molecule has 2 unspecified atom stereocenters. The lowest BCUT2D eigenvalue weighted by molar-refractivity contribution is 0.0694. The van der Waals surface area contributed by atoms with Crippen LogP contribution >= 0.6 is 11.6 Å². The molecule has 3 aromatic rings. The van der Waals surface area contributed by atoms with Crippen LogP contribution in [0.1, 0.15) is 47.8 Å². The van der Waals surface area contributed by atoms with Gasteiger partial charge in [-0.3, -0.25) is 4.79 Å². The first-order chi connectivity index (χ1) is 16.7. The van der Waals surface area contributed by atoms with Crippen LogP contribution in [0.15, 0.2) is 41.3 Å². The zero-order chi connectivity index (χ0) is 25.3. The maximum absolute atomic E-state index is 14.7. The highest BCUT2D eigenvalue weighted by Crippen LogP contribution is 2.33. The lowest BCUT2D eigenvalue weighted by Gasteiger charge is -2.26. The molecule has 0 spiro atoms. The smallest absolute Gasteiger partial charge is 0.341 e. The van der Waals surface area contributed by atoms with Gasteiger partial charge in [-0.15, -0.1) is 0 Å². The predicted molar refractivity (Wildman–Crippen MR) is 130 cm³/mol. The third-order valence-electron chi connectivity index (χ3n) is 6.35. The van der Waals surface area contributed by atoms with E-state index in [1.54, 1.807) is 28.8 Å².